The first kappa shape index (κ1) is 35.5. The molecule has 12 N–H and O–H groups in total. The summed E-state index contributed by atoms with van der Waals surface area (Å²) in [5.41, 5.74) is -9.95. The van der Waals surface area contributed by atoms with E-state index in [1.54, 1.807) is 0 Å². The fourth-order valence-electron chi connectivity index (χ4n) is 6.03. The Morgan fingerprint density at radius 3 is 2.13 bits per heavy atom. The number of phenolic OH excluding ortho intramolecular Hbond substituents is 3. The summed E-state index contributed by atoms with van der Waals surface area (Å²) in [6.07, 6.45) is -13.1. The molecule has 0 spiro atoms. The molecule has 2 fully saturated rings. The predicted octanol–water partition coefficient (Wildman–Crippen LogP) is -2.71. The summed E-state index contributed by atoms with van der Waals surface area (Å²) in [6.45, 7) is 1.05. The van der Waals surface area contributed by atoms with E-state index in [2.05, 4.69) is 0 Å². The third kappa shape index (κ3) is 5.11. The third-order valence-electron chi connectivity index (χ3n) is 9.05. The number of aromatic hydroxyl groups is 3. The number of carbonyl (C=O) groups excluding carboxylic acids is 1. The van der Waals surface area contributed by atoms with E-state index in [0.29, 0.717) is 0 Å². The number of aliphatic hydroxyl groups is 9. The van der Waals surface area contributed by atoms with E-state index in [9.17, 15) is 66.1 Å². The second kappa shape index (κ2) is 12.3. The van der Waals surface area contributed by atoms with Crippen LogP contribution < -0.4 is 4.74 Å². The highest BCUT2D eigenvalue weighted by molar-refractivity contribution is 6.00. The molecular weight excluding hydrogens is 616 g/mol. The van der Waals surface area contributed by atoms with Gasteiger partial charge >= 0.3 is 0 Å². The molecule has 3 unspecified atom stereocenters. The predicted molar refractivity (Wildman–Crippen MR) is 153 cm³/mol. The quantitative estimate of drug-likeness (QED) is 0.102. The number of ether oxygens (including phenoxy) is 3. The topological polar surface area (TPSA) is 288 Å². The first-order valence-corrected chi connectivity index (χ1v) is 14.0. The molecule has 0 amide bonds. The van der Waals surface area contributed by atoms with E-state index >= 15 is 0 Å². The third-order valence-corrected chi connectivity index (χ3v) is 9.05. The van der Waals surface area contributed by atoms with E-state index < -0.39 is 95.0 Å². The van der Waals surface area contributed by atoms with Crippen LogP contribution in [0.15, 0.2) is 42.5 Å². The second-order valence-electron chi connectivity index (χ2n) is 11.6. The zero-order valence-electron chi connectivity index (χ0n) is 24.9. The lowest BCUT2D eigenvalue weighted by Gasteiger charge is -2.64. The van der Waals surface area contributed by atoms with Gasteiger partial charge in [-0.1, -0.05) is 25.1 Å². The second-order valence-corrected chi connectivity index (χ2v) is 11.6. The summed E-state index contributed by atoms with van der Waals surface area (Å²) in [5.74, 6) is -7.51. The minimum Gasteiger partial charge on any atom is -0.504 e. The lowest BCUT2D eigenvalue weighted by molar-refractivity contribution is -0.471. The Bertz CT molecular complexity index is 1480. The molecule has 2 heterocycles. The molecule has 0 aliphatic carbocycles. The molecule has 0 aromatic heterocycles. The molecule has 16 nitrogen and oxygen atoms in total. The van der Waals surface area contributed by atoms with Crippen LogP contribution in [-0.2, 0) is 14.3 Å². The zero-order chi connectivity index (χ0) is 34.6. The van der Waals surface area contributed by atoms with Gasteiger partial charge in [0.1, 0.15) is 30.5 Å². The van der Waals surface area contributed by atoms with Gasteiger partial charge in [0.25, 0.3) is 0 Å². The largest absolute Gasteiger partial charge is 0.504 e. The number of carbonyl (C=O) groups is 1. The van der Waals surface area contributed by atoms with Crippen molar-refractivity contribution < 1.29 is 80.3 Å². The molecule has 2 saturated heterocycles. The van der Waals surface area contributed by atoms with Crippen molar-refractivity contribution in [2.75, 3.05) is 13.7 Å². The van der Waals surface area contributed by atoms with Crippen LogP contribution in [0.4, 0.5) is 0 Å². The molecule has 4 rings (SSSR count). The standard InChI is InChI=1S/C30H38O16/c1-13(15-6-8-19(44-3)18(34)11-15)30(43)29(42,23(37)22(36)20(12-31)45-30)28(41)25(39)24(38)27(2,46-26(28)40)21(35)9-5-14-4-7-16(32)17(33)10-14/h4-11,13,20,22-26,31-34,36-43H,12H2,1-3H3/b9-5+/t13?,20-,22-,23+,24-,25-,26?,27-,28+,29-,30?/m1/s1. The fourth-order valence-corrected chi connectivity index (χ4v) is 6.03. The van der Waals surface area contributed by atoms with Crippen molar-refractivity contribution >= 4 is 11.9 Å². The molecule has 46 heavy (non-hydrogen) atoms. The SMILES string of the molecule is COc1ccc(C(C)C2(O)O[C@H](CO)[C@@H](O)[C@H](O)[C@@]2(O)[C@@]2(O)C(O)O[C@](C)(C(=O)/C=C/c3ccc(O)c(O)c3)[C@H](O)[C@H]2O)cc1O. The van der Waals surface area contributed by atoms with Gasteiger partial charge in [-0.15, -0.1) is 0 Å². The van der Waals surface area contributed by atoms with E-state index in [-0.39, 0.29) is 16.9 Å². The van der Waals surface area contributed by atoms with Crippen LogP contribution in [0.2, 0.25) is 0 Å². The smallest absolute Gasteiger partial charge is 0.208 e. The summed E-state index contributed by atoms with van der Waals surface area (Å²) >= 11 is 0. The molecule has 0 saturated carbocycles. The number of hydrogen-bond acceptors (Lipinski definition) is 16. The highest BCUT2D eigenvalue weighted by Crippen LogP contribution is 2.55. The Hall–Kier alpha value is -3.39. The minimum absolute atomic E-state index is 0.0000495. The normalized spacial score (nSPS) is 38.9. The minimum atomic E-state index is -3.79. The van der Waals surface area contributed by atoms with Gasteiger partial charge in [0.05, 0.1) is 13.7 Å². The molecule has 2 aliphatic heterocycles. The molecule has 2 aromatic rings. The monoisotopic (exact) mass is 654 g/mol. The molecule has 0 bridgehead atoms. The van der Waals surface area contributed by atoms with Gasteiger partial charge in [-0.2, -0.15) is 0 Å². The average molecular weight is 655 g/mol. The Balaban J connectivity index is 1.79. The van der Waals surface area contributed by atoms with Crippen molar-refractivity contribution in [2.45, 2.75) is 79.2 Å². The fraction of sp³-hybridized carbons (Fsp3) is 0.500. The number of benzene rings is 2. The number of rotatable bonds is 8. The maximum absolute atomic E-state index is 13.2. The van der Waals surface area contributed by atoms with Crippen LogP contribution in [0.25, 0.3) is 6.08 Å². The summed E-state index contributed by atoms with van der Waals surface area (Å²) < 4.78 is 15.8. The molecule has 2 aromatic carbocycles. The van der Waals surface area contributed by atoms with Crippen LogP contribution in [0, 0.1) is 0 Å². The lowest BCUT2D eigenvalue weighted by Crippen LogP contribution is -2.89. The Kier molecular flexibility index (Phi) is 9.50. The lowest BCUT2D eigenvalue weighted by atomic mass is 9.59. The van der Waals surface area contributed by atoms with Crippen LogP contribution >= 0.6 is 0 Å². The number of methoxy groups -OCH3 is 1. The van der Waals surface area contributed by atoms with Gasteiger partial charge in [-0.3, -0.25) is 4.79 Å². The van der Waals surface area contributed by atoms with Gasteiger partial charge in [0, 0.05) is 5.92 Å². The highest BCUT2D eigenvalue weighted by Gasteiger charge is 2.80. The van der Waals surface area contributed by atoms with E-state index in [1.807, 2.05) is 0 Å². The van der Waals surface area contributed by atoms with Crippen molar-refractivity contribution in [1.82, 2.24) is 0 Å². The van der Waals surface area contributed by atoms with Crippen LogP contribution in [0.1, 0.15) is 30.9 Å². The molecule has 0 radical (unpaired) electrons. The Morgan fingerprint density at radius 1 is 0.913 bits per heavy atom. The molecular formula is C30H38O16. The molecule has 11 atom stereocenters. The summed E-state index contributed by atoms with van der Waals surface area (Å²) in [4.78, 5) is 13.2. The number of phenols is 3. The molecule has 16 heteroatoms. The van der Waals surface area contributed by atoms with Crippen LogP contribution in [0.3, 0.4) is 0 Å². The van der Waals surface area contributed by atoms with Crippen LogP contribution in [0.5, 0.6) is 23.0 Å². The number of ketones is 1. The van der Waals surface area contributed by atoms with Crippen molar-refractivity contribution in [3.05, 3.63) is 53.6 Å². The summed E-state index contributed by atoms with van der Waals surface area (Å²) in [6, 6.07) is 7.15. The number of aliphatic hydroxyl groups excluding tert-OH is 6. The average Bonchev–Trinajstić information content (AvgIpc) is 3.03. The molecule has 2 aliphatic rings. The Morgan fingerprint density at radius 2 is 1.57 bits per heavy atom. The van der Waals surface area contributed by atoms with Crippen molar-refractivity contribution in [3.8, 4) is 23.0 Å². The summed E-state index contributed by atoms with van der Waals surface area (Å²) in [7, 11) is 1.26. The van der Waals surface area contributed by atoms with Crippen LogP contribution in [-0.4, -0.2) is 140 Å². The van der Waals surface area contributed by atoms with Gasteiger partial charge in [0.15, 0.2) is 51.9 Å². The van der Waals surface area contributed by atoms with E-state index in [4.69, 9.17) is 14.2 Å². The van der Waals surface area contributed by atoms with Crippen molar-refractivity contribution in [3.63, 3.8) is 0 Å². The summed E-state index contributed by atoms with van der Waals surface area (Å²) in [5, 5.41) is 131. The Labute approximate surface area is 261 Å². The molecule has 254 valence electrons. The highest BCUT2D eigenvalue weighted by atomic mass is 16.7. The van der Waals surface area contributed by atoms with E-state index in [0.717, 1.165) is 37.3 Å². The first-order valence-electron chi connectivity index (χ1n) is 14.0. The zero-order valence-corrected chi connectivity index (χ0v) is 24.9. The van der Waals surface area contributed by atoms with Gasteiger partial charge in [-0.25, -0.2) is 0 Å². The van der Waals surface area contributed by atoms with Crippen molar-refractivity contribution in [1.29, 1.82) is 0 Å². The van der Waals surface area contributed by atoms with Gasteiger partial charge in [-0.05, 0) is 48.4 Å². The first-order chi connectivity index (χ1) is 21.3. The maximum atomic E-state index is 13.2. The van der Waals surface area contributed by atoms with Crippen molar-refractivity contribution in [2.24, 2.45) is 0 Å². The van der Waals surface area contributed by atoms with Gasteiger partial charge < -0.3 is 75.5 Å². The van der Waals surface area contributed by atoms with Gasteiger partial charge in [0.2, 0.25) is 5.79 Å². The maximum Gasteiger partial charge on any atom is 0.208 e. The number of hydrogen-bond donors (Lipinski definition) is 12. The van der Waals surface area contributed by atoms with E-state index in [1.165, 1.54) is 32.2 Å².